The minimum atomic E-state index is -0.168. The number of hydrogen-bond donors (Lipinski definition) is 1. The molecule has 0 atom stereocenters. The van der Waals surface area contributed by atoms with E-state index in [0.717, 1.165) is 20.4 Å². The Morgan fingerprint density at radius 2 is 1.95 bits per heavy atom. The molecule has 3 nitrogen and oxygen atoms in total. The average molecular weight is 393 g/mol. The number of halogens is 1. The van der Waals surface area contributed by atoms with Crippen molar-refractivity contribution in [3.05, 3.63) is 69.8 Å². The maximum Gasteiger partial charge on any atom is 0.251 e. The summed E-state index contributed by atoms with van der Waals surface area (Å²) in [5, 5.41) is 2.87. The predicted molar refractivity (Wildman–Crippen MR) is 93.0 cm³/mol. The highest BCUT2D eigenvalue weighted by Gasteiger charge is 2.09. The van der Waals surface area contributed by atoms with Gasteiger partial charge >= 0.3 is 0 Å². The number of methoxy groups -OCH3 is 1. The maximum absolute atomic E-state index is 12.1. The standard InChI is InChI=1S/C17H16INO2/c1-12(14-6-8-15(18)9-7-14)17(20)19-11-13-4-3-5-16(10-13)21-2/h3-10H,1,11H2,2H3,(H,19,20). The third kappa shape index (κ3) is 4.32. The molecule has 0 bridgehead atoms. The molecule has 1 amide bonds. The second-order valence-corrected chi connectivity index (χ2v) is 5.77. The van der Waals surface area contributed by atoms with Crippen LogP contribution in [0.25, 0.3) is 5.57 Å². The number of carbonyl (C=O) groups is 1. The molecule has 0 saturated heterocycles. The monoisotopic (exact) mass is 393 g/mol. The fourth-order valence-corrected chi connectivity index (χ4v) is 2.21. The lowest BCUT2D eigenvalue weighted by Gasteiger charge is -2.09. The average Bonchev–Trinajstić information content (AvgIpc) is 2.53. The van der Waals surface area contributed by atoms with Crippen molar-refractivity contribution in [2.45, 2.75) is 6.54 Å². The SMILES string of the molecule is C=C(C(=O)NCc1cccc(OC)c1)c1ccc(I)cc1. The van der Waals surface area contributed by atoms with Crippen LogP contribution in [-0.4, -0.2) is 13.0 Å². The Hall–Kier alpha value is -1.82. The van der Waals surface area contributed by atoms with Crippen LogP contribution in [0.2, 0.25) is 0 Å². The summed E-state index contributed by atoms with van der Waals surface area (Å²) in [6.45, 7) is 4.31. The Balaban J connectivity index is 1.97. The molecule has 21 heavy (non-hydrogen) atoms. The van der Waals surface area contributed by atoms with Crippen molar-refractivity contribution < 1.29 is 9.53 Å². The van der Waals surface area contributed by atoms with Crippen molar-refractivity contribution in [3.8, 4) is 5.75 Å². The number of amides is 1. The van der Waals surface area contributed by atoms with Gasteiger partial charge < -0.3 is 10.1 Å². The minimum absolute atomic E-state index is 0.168. The van der Waals surface area contributed by atoms with Crippen molar-refractivity contribution in [1.29, 1.82) is 0 Å². The van der Waals surface area contributed by atoms with Crippen LogP contribution in [-0.2, 0) is 11.3 Å². The van der Waals surface area contributed by atoms with E-state index in [4.69, 9.17) is 4.74 Å². The lowest BCUT2D eigenvalue weighted by molar-refractivity contribution is -0.115. The van der Waals surface area contributed by atoms with E-state index in [1.807, 2.05) is 48.5 Å². The maximum atomic E-state index is 12.1. The van der Waals surface area contributed by atoms with Gasteiger partial charge in [0, 0.05) is 15.7 Å². The lowest BCUT2D eigenvalue weighted by atomic mass is 10.1. The van der Waals surface area contributed by atoms with Crippen LogP contribution in [0.3, 0.4) is 0 Å². The van der Waals surface area contributed by atoms with E-state index >= 15 is 0 Å². The topological polar surface area (TPSA) is 38.3 Å². The molecule has 0 fully saturated rings. The number of ether oxygens (including phenoxy) is 1. The first-order valence-electron chi connectivity index (χ1n) is 6.46. The van der Waals surface area contributed by atoms with Gasteiger partial charge in [-0.1, -0.05) is 30.8 Å². The molecule has 2 rings (SSSR count). The van der Waals surface area contributed by atoms with Crippen molar-refractivity contribution in [1.82, 2.24) is 5.32 Å². The number of hydrogen-bond acceptors (Lipinski definition) is 2. The molecule has 2 aromatic rings. The largest absolute Gasteiger partial charge is 0.497 e. The van der Waals surface area contributed by atoms with Crippen LogP contribution < -0.4 is 10.1 Å². The quantitative estimate of drug-likeness (QED) is 0.623. The summed E-state index contributed by atoms with van der Waals surface area (Å²) in [7, 11) is 1.62. The van der Waals surface area contributed by atoms with Gasteiger partial charge in [-0.05, 0) is 58.0 Å². The van der Waals surface area contributed by atoms with E-state index in [1.54, 1.807) is 7.11 Å². The zero-order valence-corrected chi connectivity index (χ0v) is 13.9. The molecule has 0 radical (unpaired) electrons. The summed E-state index contributed by atoms with van der Waals surface area (Å²) in [5.41, 5.74) is 2.28. The van der Waals surface area contributed by atoms with Gasteiger partial charge in [0.1, 0.15) is 5.75 Å². The highest BCUT2D eigenvalue weighted by molar-refractivity contribution is 14.1. The minimum Gasteiger partial charge on any atom is -0.497 e. The third-order valence-electron chi connectivity index (χ3n) is 3.05. The number of benzene rings is 2. The fraction of sp³-hybridized carbons (Fsp3) is 0.118. The molecule has 0 unspecified atom stereocenters. The van der Waals surface area contributed by atoms with Gasteiger partial charge in [-0.3, -0.25) is 4.79 Å². The van der Waals surface area contributed by atoms with Crippen LogP contribution >= 0.6 is 22.6 Å². The molecular formula is C17H16INO2. The molecule has 4 heteroatoms. The Morgan fingerprint density at radius 3 is 2.62 bits per heavy atom. The molecule has 2 aromatic carbocycles. The summed E-state index contributed by atoms with van der Waals surface area (Å²) in [6, 6.07) is 15.3. The van der Waals surface area contributed by atoms with Gasteiger partial charge in [-0.25, -0.2) is 0 Å². The van der Waals surface area contributed by atoms with Crippen molar-refractivity contribution in [3.63, 3.8) is 0 Å². The fourth-order valence-electron chi connectivity index (χ4n) is 1.85. The third-order valence-corrected chi connectivity index (χ3v) is 3.77. The lowest BCUT2D eigenvalue weighted by Crippen LogP contribution is -2.23. The van der Waals surface area contributed by atoms with Crippen LogP contribution in [0.15, 0.2) is 55.1 Å². The van der Waals surface area contributed by atoms with Crippen LogP contribution in [0, 0.1) is 3.57 Å². The van der Waals surface area contributed by atoms with E-state index < -0.39 is 0 Å². The van der Waals surface area contributed by atoms with Crippen LogP contribution in [0.1, 0.15) is 11.1 Å². The van der Waals surface area contributed by atoms with Gasteiger partial charge in [0.05, 0.1) is 7.11 Å². The highest BCUT2D eigenvalue weighted by Crippen LogP contribution is 2.16. The highest BCUT2D eigenvalue weighted by atomic mass is 127. The molecule has 108 valence electrons. The van der Waals surface area contributed by atoms with E-state index in [-0.39, 0.29) is 5.91 Å². The van der Waals surface area contributed by atoms with Gasteiger partial charge in [0.15, 0.2) is 0 Å². The van der Waals surface area contributed by atoms with E-state index in [2.05, 4.69) is 34.5 Å². The Labute approximate surface area is 138 Å². The molecule has 1 N–H and O–H groups in total. The molecule has 0 spiro atoms. The molecule has 0 aliphatic heterocycles. The summed E-state index contributed by atoms with van der Waals surface area (Å²) in [5.74, 6) is 0.609. The smallest absolute Gasteiger partial charge is 0.251 e. The van der Waals surface area contributed by atoms with Gasteiger partial charge in [0.25, 0.3) is 5.91 Å². The number of nitrogens with one attached hydrogen (secondary N) is 1. The normalized spacial score (nSPS) is 10.0. The van der Waals surface area contributed by atoms with Crippen LogP contribution in [0.5, 0.6) is 5.75 Å². The number of carbonyl (C=O) groups excluding carboxylic acids is 1. The zero-order valence-electron chi connectivity index (χ0n) is 11.7. The second-order valence-electron chi connectivity index (χ2n) is 4.52. The first-order valence-corrected chi connectivity index (χ1v) is 7.54. The summed E-state index contributed by atoms with van der Waals surface area (Å²) in [6.07, 6.45) is 0. The molecule has 0 aliphatic rings. The Kier molecular flexibility index (Phi) is 5.38. The van der Waals surface area contributed by atoms with E-state index in [0.29, 0.717) is 12.1 Å². The molecular weight excluding hydrogens is 377 g/mol. The molecule has 0 aliphatic carbocycles. The summed E-state index contributed by atoms with van der Waals surface area (Å²) >= 11 is 2.23. The predicted octanol–water partition coefficient (Wildman–Crippen LogP) is 3.63. The van der Waals surface area contributed by atoms with Gasteiger partial charge in [-0.15, -0.1) is 0 Å². The van der Waals surface area contributed by atoms with Gasteiger partial charge in [0.2, 0.25) is 0 Å². The first kappa shape index (κ1) is 15.6. The van der Waals surface area contributed by atoms with E-state index in [1.165, 1.54) is 0 Å². The van der Waals surface area contributed by atoms with Gasteiger partial charge in [-0.2, -0.15) is 0 Å². The molecule has 0 heterocycles. The number of rotatable bonds is 5. The molecule has 0 saturated carbocycles. The van der Waals surface area contributed by atoms with Crippen molar-refractivity contribution in [2.24, 2.45) is 0 Å². The van der Waals surface area contributed by atoms with E-state index in [9.17, 15) is 4.79 Å². The Bertz CT molecular complexity index is 650. The van der Waals surface area contributed by atoms with Crippen molar-refractivity contribution >= 4 is 34.1 Å². The van der Waals surface area contributed by atoms with Crippen molar-refractivity contribution in [2.75, 3.05) is 7.11 Å². The van der Waals surface area contributed by atoms with Crippen LogP contribution in [0.4, 0.5) is 0 Å². The Morgan fingerprint density at radius 1 is 1.24 bits per heavy atom. The molecule has 0 aromatic heterocycles. The summed E-state index contributed by atoms with van der Waals surface area (Å²) < 4.78 is 6.28. The summed E-state index contributed by atoms with van der Waals surface area (Å²) in [4.78, 5) is 12.1. The second kappa shape index (κ2) is 7.26. The first-order chi connectivity index (χ1) is 10.1. The zero-order chi connectivity index (χ0) is 15.2.